The fraction of sp³-hybridized carbons (Fsp3) is 0.208. The molecule has 0 N–H and O–H groups in total. The van der Waals surface area contributed by atoms with Crippen LogP contribution in [0.1, 0.15) is 36.7 Å². The molecular weight excluding hydrogens is 406 g/mol. The van der Waals surface area contributed by atoms with Crippen LogP contribution in [-0.2, 0) is 4.74 Å². The Kier molecular flexibility index (Phi) is 4.70. The molecule has 0 bridgehead atoms. The minimum atomic E-state index is -0.417. The molecule has 0 saturated heterocycles. The summed E-state index contributed by atoms with van der Waals surface area (Å²) in [5, 5.41) is 0.429. The minimum Gasteiger partial charge on any atom is -0.465 e. The first-order valence-electron chi connectivity index (χ1n) is 10.4. The largest absolute Gasteiger partial charge is 0.465 e. The van der Waals surface area contributed by atoms with Crippen molar-refractivity contribution >= 4 is 39.2 Å². The van der Waals surface area contributed by atoms with Crippen molar-refractivity contribution in [2.75, 3.05) is 7.11 Å². The Morgan fingerprint density at radius 3 is 2.38 bits per heavy atom. The molecule has 5 rings (SSSR count). The molecule has 1 atom stereocenters. The fourth-order valence-electron chi connectivity index (χ4n) is 3.87. The van der Waals surface area contributed by atoms with Crippen LogP contribution in [0, 0.1) is 0 Å². The van der Waals surface area contributed by atoms with Gasteiger partial charge in [0, 0.05) is 11.7 Å². The van der Waals surface area contributed by atoms with Gasteiger partial charge in [0.25, 0.3) is 5.56 Å². The molecule has 0 aliphatic rings. The molecule has 0 fully saturated rings. The molecule has 3 heterocycles. The maximum atomic E-state index is 13.5. The van der Waals surface area contributed by atoms with Gasteiger partial charge in [0.15, 0.2) is 11.3 Å². The third kappa shape index (κ3) is 2.95. The summed E-state index contributed by atoms with van der Waals surface area (Å²) in [7, 11) is 1.34. The van der Waals surface area contributed by atoms with Gasteiger partial charge in [-0.15, -0.1) is 0 Å². The second-order valence-electron chi connectivity index (χ2n) is 7.67. The number of fused-ring (bicyclic) bond motifs is 4. The van der Waals surface area contributed by atoms with E-state index in [0.29, 0.717) is 33.3 Å². The van der Waals surface area contributed by atoms with Crippen LogP contribution in [0.15, 0.2) is 59.7 Å². The molecule has 0 radical (unpaired) electrons. The predicted octanol–water partition coefficient (Wildman–Crippen LogP) is 4.04. The van der Waals surface area contributed by atoms with Crippen LogP contribution in [0.3, 0.4) is 0 Å². The van der Waals surface area contributed by atoms with Crippen LogP contribution >= 0.6 is 0 Å². The quantitative estimate of drug-likeness (QED) is 0.402. The predicted molar refractivity (Wildman–Crippen MR) is 122 cm³/mol. The highest BCUT2D eigenvalue weighted by molar-refractivity contribution is 6.05. The van der Waals surface area contributed by atoms with Crippen LogP contribution < -0.4 is 5.56 Å². The molecular formula is C24H21N5O3. The first kappa shape index (κ1) is 19.9. The molecule has 0 unspecified atom stereocenters. The first-order valence-corrected chi connectivity index (χ1v) is 10.4. The van der Waals surface area contributed by atoms with Gasteiger partial charge in [-0.2, -0.15) is 0 Å². The van der Waals surface area contributed by atoms with Crippen molar-refractivity contribution in [1.29, 1.82) is 0 Å². The average molecular weight is 427 g/mol. The Balaban J connectivity index is 1.88. The van der Waals surface area contributed by atoms with Crippen LogP contribution in [0.5, 0.6) is 0 Å². The molecule has 5 aromatic rings. The number of ether oxygens (including phenoxy) is 1. The third-order valence-electron chi connectivity index (χ3n) is 5.80. The lowest BCUT2D eigenvalue weighted by Gasteiger charge is -2.12. The SMILES string of the molecule is CC[C@H](C)n1cnc2c(c1=O)c1nc3ccccc3nc1n2-c1ccc(C(=O)OC)cc1. The molecule has 3 aromatic heterocycles. The fourth-order valence-corrected chi connectivity index (χ4v) is 3.87. The molecule has 2 aromatic carbocycles. The van der Waals surface area contributed by atoms with Gasteiger partial charge in [-0.05, 0) is 49.7 Å². The Hall–Kier alpha value is -4.07. The number of carbonyl (C=O) groups is 1. The van der Waals surface area contributed by atoms with E-state index in [1.807, 2.05) is 42.7 Å². The smallest absolute Gasteiger partial charge is 0.337 e. The second-order valence-corrected chi connectivity index (χ2v) is 7.67. The summed E-state index contributed by atoms with van der Waals surface area (Å²) >= 11 is 0. The van der Waals surface area contributed by atoms with Crippen molar-refractivity contribution in [2.45, 2.75) is 26.3 Å². The van der Waals surface area contributed by atoms with E-state index in [1.54, 1.807) is 35.2 Å². The van der Waals surface area contributed by atoms with Crippen LogP contribution in [0.2, 0.25) is 0 Å². The Morgan fingerprint density at radius 2 is 1.72 bits per heavy atom. The molecule has 0 aliphatic carbocycles. The summed E-state index contributed by atoms with van der Waals surface area (Å²) in [4.78, 5) is 39.6. The molecule has 8 heteroatoms. The van der Waals surface area contributed by atoms with E-state index >= 15 is 0 Å². The van der Waals surface area contributed by atoms with Gasteiger partial charge in [0.1, 0.15) is 17.2 Å². The van der Waals surface area contributed by atoms with E-state index in [2.05, 4.69) is 4.98 Å². The van der Waals surface area contributed by atoms with Gasteiger partial charge in [-0.1, -0.05) is 19.1 Å². The van der Waals surface area contributed by atoms with Gasteiger partial charge >= 0.3 is 5.97 Å². The van der Waals surface area contributed by atoms with Crippen molar-refractivity contribution in [1.82, 2.24) is 24.1 Å². The van der Waals surface area contributed by atoms with Gasteiger partial charge in [0.05, 0.1) is 23.7 Å². The molecule has 0 saturated carbocycles. The molecule has 8 nitrogen and oxygen atoms in total. The summed E-state index contributed by atoms with van der Waals surface area (Å²) < 4.78 is 8.25. The van der Waals surface area contributed by atoms with Crippen molar-refractivity contribution < 1.29 is 9.53 Å². The second kappa shape index (κ2) is 7.56. The number of aromatic nitrogens is 5. The number of esters is 1. The minimum absolute atomic E-state index is 0.00514. The Bertz CT molecular complexity index is 1550. The number of nitrogens with zero attached hydrogens (tertiary/aromatic N) is 5. The first-order chi connectivity index (χ1) is 15.5. The van der Waals surface area contributed by atoms with Crippen LogP contribution in [0.25, 0.3) is 38.9 Å². The van der Waals surface area contributed by atoms with Crippen molar-refractivity contribution in [3.8, 4) is 5.69 Å². The Labute approximate surface area is 183 Å². The van der Waals surface area contributed by atoms with Crippen molar-refractivity contribution in [3.63, 3.8) is 0 Å². The Morgan fingerprint density at radius 1 is 1.03 bits per heavy atom. The van der Waals surface area contributed by atoms with E-state index in [-0.39, 0.29) is 11.6 Å². The number of rotatable bonds is 4. The summed E-state index contributed by atoms with van der Waals surface area (Å²) in [6, 6.07) is 14.5. The zero-order valence-electron chi connectivity index (χ0n) is 17.9. The molecule has 160 valence electrons. The summed E-state index contributed by atoms with van der Waals surface area (Å²) in [6.07, 6.45) is 2.38. The topological polar surface area (TPSA) is 91.9 Å². The monoisotopic (exact) mass is 427 g/mol. The summed E-state index contributed by atoms with van der Waals surface area (Å²) in [5.74, 6) is -0.417. The van der Waals surface area contributed by atoms with E-state index in [0.717, 1.165) is 17.6 Å². The third-order valence-corrected chi connectivity index (χ3v) is 5.80. The van der Waals surface area contributed by atoms with E-state index < -0.39 is 5.97 Å². The van der Waals surface area contributed by atoms with E-state index in [4.69, 9.17) is 14.7 Å². The molecule has 0 spiro atoms. The maximum Gasteiger partial charge on any atom is 0.337 e. The molecule has 0 amide bonds. The highest BCUT2D eigenvalue weighted by atomic mass is 16.5. The number of hydrogen-bond acceptors (Lipinski definition) is 6. The maximum absolute atomic E-state index is 13.5. The average Bonchev–Trinajstić information content (AvgIpc) is 3.15. The van der Waals surface area contributed by atoms with Gasteiger partial charge in [-0.25, -0.2) is 19.7 Å². The number of para-hydroxylation sites is 2. The van der Waals surface area contributed by atoms with E-state index in [1.165, 1.54) is 7.11 Å². The lowest BCUT2D eigenvalue weighted by atomic mass is 10.2. The molecule has 0 aliphatic heterocycles. The van der Waals surface area contributed by atoms with Crippen LogP contribution in [-0.4, -0.2) is 37.2 Å². The van der Waals surface area contributed by atoms with Gasteiger partial charge in [-0.3, -0.25) is 13.9 Å². The van der Waals surface area contributed by atoms with E-state index in [9.17, 15) is 9.59 Å². The summed E-state index contributed by atoms with van der Waals surface area (Å²) in [6.45, 7) is 4.02. The zero-order chi connectivity index (χ0) is 22.4. The van der Waals surface area contributed by atoms with Crippen LogP contribution in [0.4, 0.5) is 0 Å². The van der Waals surface area contributed by atoms with Crippen molar-refractivity contribution in [3.05, 3.63) is 70.8 Å². The van der Waals surface area contributed by atoms with Gasteiger partial charge in [0.2, 0.25) is 0 Å². The highest BCUT2D eigenvalue weighted by Gasteiger charge is 2.22. The lowest BCUT2D eigenvalue weighted by molar-refractivity contribution is 0.0600. The summed E-state index contributed by atoms with van der Waals surface area (Å²) in [5.41, 5.74) is 3.95. The zero-order valence-corrected chi connectivity index (χ0v) is 17.9. The number of methoxy groups -OCH3 is 1. The number of benzene rings is 2. The molecule has 32 heavy (non-hydrogen) atoms. The lowest BCUT2D eigenvalue weighted by Crippen LogP contribution is -2.23. The van der Waals surface area contributed by atoms with Gasteiger partial charge < -0.3 is 4.74 Å². The van der Waals surface area contributed by atoms with Crippen molar-refractivity contribution in [2.24, 2.45) is 0 Å². The highest BCUT2D eigenvalue weighted by Crippen LogP contribution is 2.28. The standard InChI is InChI=1S/C24H21N5O3/c1-4-14(2)28-13-25-21-19(23(28)30)20-22(27-18-8-6-5-7-17(18)26-20)29(21)16-11-9-15(10-12-16)24(31)32-3/h5-14H,4H2,1-3H3/t14-/m0/s1. The number of hydrogen-bond donors (Lipinski definition) is 0. The normalized spacial score (nSPS) is 12.5. The number of carbonyl (C=O) groups excluding carboxylic acids is 1.